The van der Waals surface area contributed by atoms with Crippen LogP contribution in [0.3, 0.4) is 0 Å². The molecule has 0 aromatic heterocycles. The van der Waals surface area contributed by atoms with Gasteiger partial charge in [-0.25, -0.2) is 0 Å². The molecule has 3 heteroatoms. The lowest BCUT2D eigenvalue weighted by Crippen LogP contribution is -2.20. The second kappa shape index (κ2) is 6.62. The molecule has 0 spiro atoms. The summed E-state index contributed by atoms with van der Waals surface area (Å²) < 4.78 is 0. The molecule has 0 amide bonds. The average molecular weight is 308 g/mol. The molecule has 0 aliphatic heterocycles. The maximum atomic E-state index is 6.34. The topological polar surface area (TPSA) is 12.0 Å². The number of hydrogen-bond donors (Lipinski definition) is 1. The molecule has 1 N–H and O–H groups in total. The van der Waals surface area contributed by atoms with Crippen LogP contribution in [-0.2, 0) is 6.42 Å². The Balaban J connectivity index is 2.37. The van der Waals surface area contributed by atoms with Gasteiger partial charge in [-0.15, -0.1) is 0 Å². The van der Waals surface area contributed by atoms with Crippen LogP contribution >= 0.6 is 23.2 Å². The van der Waals surface area contributed by atoms with Crippen molar-refractivity contribution in [2.24, 2.45) is 0 Å². The van der Waals surface area contributed by atoms with Gasteiger partial charge in [-0.05, 0) is 55.6 Å². The number of halogens is 2. The summed E-state index contributed by atoms with van der Waals surface area (Å²) in [5.74, 6) is 0. The Morgan fingerprint density at radius 2 is 1.60 bits per heavy atom. The summed E-state index contributed by atoms with van der Waals surface area (Å²) in [5, 5.41) is 4.59. The van der Waals surface area contributed by atoms with E-state index in [0.717, 1.165) is 12.0 Å². The highest BCUT2D eigenvalue weighted by Crippen LogP contribution is 2.32. The van der Waals surface area contributed by atoms with Gasteiger partial charge in [0.2, 0.25) is 0 Å². The highest BCUT2D eigenvalue weighted by Gasteiger charge is 2.17. The molecule has 106 valence electrons. The van der Waals surface area contributed by atoms with Crippen LogP contribution in [0.4, 0.5) is 0 Å². The molecule has 1 nitrogen and oxygen atoms in total. The third kappa shape index (κ3) is 3.17. The van der Waals surface area contributed by atoms with Gasteiger partial charge in [0, 0.05) is 6.04 Å². The Labute approximate surface area is 130 Å². The molecule has 2 aromatic rings. The Bertz CT molecular complexity index is 588. The van der Waals surface area contributed by atoms with Crippen molar-refractivity contribution < 1.29 is 0 Å². The minimum atomic E-state index is 0.154. The molecule has 1 atom stereocenters. The number of likely N-dealkylation sites (N-methyl/N-ethyl adjacent to an activating group) is 1. The van der Waals surface area contributed by atoms with Crippen LogP contribution in [0.5, 0.6) is 0 Å². The highest BCUT2D eigenvalue weighted by molar-refractivity contribution is 6.42. The predicted molar refractivity (Wildman–Crippen MR) is 87.9 cm³/mol. The van der Waals surface area contributed by atoms with Crippen molar-refractivity contribution in [3.8, 4) is 0 Å². The Morgan fingerprint density at radius 1 is 1.00 bits per heavy atom. The van der Waals surface area contributed by atoms with Gasteiger partial charge < -0.3 is 5.32 Å². The van der Waals surface area contributed by atoms with Crippen LogP contribution in [-0.4, -0.2) is 7.05 Å². The van der Waals surface area contributed by atoms with E-state index in [-0.39, 0.29) is 6.04 Å². The van der Waals surface area contributed by atoms with E-state index in [0.29, 0.717) is 10.0 Å². The number of hydrogen-bond acceptors (Lipinski definition) is 1. The molecule has 0 radical (unpaired) electrons. The number of aryl methyl sites for hydroxylation is 2. The summed E-state index contributed by atoms with van der Waals surface area (Å²) in [6.45, 7) is 4.29. The van der Waals surface area contributed by atoms with Crippen molar-refractivity contribution in [2.75, 3.05) is 7.05 Å². The van der Waals surface area contributed by atoms with Crippen LogP contribution in [0, 0.1) is 13.8 Å². The fourth-order valence-corrected chi connectivity index (χ4v) is 2.97. The molecule has 0 bridgehead atoms. The third-order valence-corrected chi connectivity index (χ3v) is 4.59. The lowest BCUT2D eigenvalue weighted by Gasteiger charge is -2.21. The summed E-state index contributed by atoms with van der Waals surface area (Å²) in [6, 6.07) is 12.3. The molecule has 0 heterocycles. The van der Waals surface area contributed by atoms with E-state index in [1.54, 1.807) is 0 Å². The van der Waals surface area contributed by atoms with Crippen molar-refractivity contribution in [1.82, 2.24) is 5.32 Å². The SMILES string of the molecule is CNC(Cc1c(C)cccc1C)c1cccc(Cl)c1Cl. The average Bonchev–Trinajstić information content (AvgIpc) is 2.42. The third-order valence-electron chi connectivity index (χ3n) is 3.76. The molecule has 1 unspecified atom stereocenters. The van der Waals surface area contributed by atoms with E-state index in [1.165, 1.54) is 16.7 Å². The lowest BCUT2D eigenvalue weighted by atomic mass is 9.93. The van der Waals surface area contributed by atoms with Crippen molar-refractivity contribution >= 4 is 23.2 Å². The Hall–Kier alpha value is -1.02. The quantitative estimate of drug-likeness (QED) is 0.827. The molecule has 0 saturated heterocycles. The van der Waals surface area contributed by atoms with Crippen LogP contribution in [0.1, 0.15) is 28.3 Å². The first-order valence-electron chi connectivity index (χ1n) is 6.71. The molecule has 0 aliphatic carbocycles. The molecule has 20 heavy (non-hydrogen) atoms. The van der Waals surface area contributed by atoms with E-state index in [4.69, 9.17) is 23.2 Å². The molecule has 0 aliphatic rings. The summed E-state index contributed by atoms with van der Waals surface area (Å²) >= 11 is 12.5. The van der Waals surface area contributed by atoms with Gasteiger partial charge in [-0.3, -0.25) is 0 Å². The summed E-state index contributed by atoms with van der Waals surface area (Å²) in [7, 11) is 1.95. The number of benzene rings is 2. The largest absolute Gasteiger partial charge is 0.313 e. The number of nitrogens with one attached hydrogen (secondary N) is 1. The smallest absolute Gasteiger partial charge is 0.0640 e. The maximum absolute atomic E-state index is 6.34. The Morgan fingerprint density at radius 3 is 2.20 bits per heavy atom. The molecular formula is C17H19Cl2N. The fraction of sp³-hybridized carbons (Fsp3) is 0.294. The van der Waals surface area contributed by atoms with Crippen molar-refractivity contribution in [1.29, 1.82) is 0 Å². The van der Waals surface area contributed by atoms with Crippen LogP contribution in [0.15, 0.2) is 36.4 Å². The van der Waals surface area contributed by atoms with E-state index in [1.807, 2.05) is 25.2 Å². The van der Waals surface area contributed by atoms with Gasteiger partial charge in [0.25, 0.3) is 0 Å². The van der Waals surface area contributed by atoms with Crippen LogP contribution in [0.2, 0.25) is 10.0 Å². The summed E-state index contributed by atoms with van der Waals surface area (Å²) in [5.41, 5.74) is 5.03. The monoisotopic (exact) mass is 307 g/mol. The number of rotatable bonds is 4. The van der Waals surface area contributed by atoms with Gasteiger partial charge in [-0.1, -0.05) is 53.5 Å². The highest BCUT2D eigenvalue weighted by atomic mass is 35.5. The zero-order valence-electron chi connectivity index (χ0n) is 12.0. The summed E-state index contributed by atoms with van der Waals surface area (Å²) in [4.78, 5) is 0. The van der Waals surface area contributed by atoms with Crippen molar-refractivity contribution in [3.05, 3.63) is 68.7 Å². The zero-order chi connectivity index (χ0) is 14.7. The molecule has 0 saturated carbocycles. The normalized spacial score (nSPS) is 12.4. The molecule has 2 rings (SSSR count). The van der Waals surface area contributed by atoms with Crippen molar-refractivity contribution in [3.63, 3.8) is 0 Å². The van der Waals surface area contributed by atoms with Crippen LogP contribution in [0.25, 0.3) is 0 Å². The second-order valence-corrected chi connectivity index (χ2v) is 5.84. The fourth-order valence-electron chi connectivity index (χ4n) is 2.53. The summed E-state index contributed by atoms with van der Waals surface area (Å²) in [6.07, 6.45) is 0.898. The van der Waals surface area contributed by atoms with Crippen molar-refractivity contribution in [2.45, 2.75) is 26.3 Å². The van der Waals surface area contributed by atoms with Gasteiger partial charge in [0.1, 0.15) is 0 Å². The standard InChI is InChI=1S/C17H19Cl2N/c1-11-6-4-7-12(2)14(11)10-16(20-3)13-8-5-9-15(18)17(13)19/h4-9,16,20H,10H2,1-3H3. The first-order valence-corrected chi connectivity index (χ1v) is 7.46. The van der Waals surface area contributed by atoms with Gasteiger partial charge in [0.15, 0.2) is 0 Å². The van der Waals surface area contributed by atoms with Gasteiger partial charge in [-0.2, -0.15) is 0 Å². The maximum Gasteiger partial charge on any atom is 0.0640 e. The molecule has 0 fully saturated rings. The Kier molecular flexibility index (Phi) is 5.09. The first-order chi connectivity index (χ1) is 9.54. The first kappa shape index (κ1) is 15.4. The zero-order valence-corrected chi connectivity index (χ0v) is 13.5. The van der Waals surface area contributed by atoms with E-state index in [2.05, 4.69) is 37.4 Å². The minimum Gasteiger partial charge on any atom is -0.313 e. The minimum absolute atomic E-state index is 0.154. The predicted octanol–water partition coefficient (Wildman–Crippen LogP) is 5.11. The van der Waals surface area contributed by atoms with Crippen LogP contribution < -0.4 is 5.32 Å². The van der Waals surface area contributed by atoms with E-state index < -0.39 is 0 Å². The molecule has 2 aromatic carbocycles. The van der Waals surface area contributed by atoms with Gasteiger partial charge in [0.05, 0.1) is 10.0 Å². The van der Waals surface area contributed by atoms with Gasteiger partial charge >= 0.3 is 0 Å². The van der Waals surface area contributed by atoms with E-state index in [9.17, 15) is 0 Å². The lowest BCUT2D eigenvalue weighted by molar-refractivity contribution is 0.589. The second-order valence-electron chi connectivity index (χ2n) is 5.06. The molecular weight excluding hydrogens is 289 g/mol. The van der Waals surface area contributed by atoms with E-state index >= 15 is 0 Å².